The number of aromatic hydroxyl groups is 1. The summed E-state index contributed by atoms with van der Waals surface area (Å²) in [6.07, 6.45) is 4.71. The van der Waals surface area contributed by atoms with Crippen LogP contribution in [0.3, 0.4) is 0 Å². The quantitative estimate of drug-likeness (QED) is 0.575. The summed E-state index contributed by atoms with van der Waals surface area (Å²) in [6.45, 7) is 1.78. The number of amides is 1. The van der Waals surface area contributed by atoms with E-state index in [0.717, 1.165) is 10.9 Å². The summed E-state index contributed by atoms with van der Waals surface area (Å²) < 4.78 is 0. The summed E-state index contributed by atoms with van der Waals surface area (Å²) in [5, 5.41) is 14.8. The Morgan fingerprint density at radius 3 is 2.70 bits per heavy atom. The van der Waals surface area contributed by atoms with Gasteiger partial charge < -0.3 is 5.11 Å². The van der Waals surface area contributed by atoms with Gasteiger partial charge in [-0.3, -0.25) is 14.8 Å². The van der Waals surface area contributed by atoms with E-state index in [1.807, 2.05) is 6.07 Å². The minimum Gasteiger partial charge on any atom is -0.506 e. The fourth-order valence-electron chi connectivity index (χ4n) is 2.24. The lowest BCUT2D eigenvalue weighted by atomic mass is 10.0. The van der Waals surface area contributed by atoms with E-state index in [2.05, 4.69) is 20.5 Å². The van der Waals surface area contributed by atoms with E-state index < -0.39 is 0 Å². The number of hydrazone groups is 1. The van der Waals surface area contributed by atoms with Crippen LogP contribution in [-0.2, 0) is 0 Å². The summed E-state index contributed by atoms with van der Waals surface area (Å²) in [4.78, 5) is 20.0. The van der Waals surface area contributed by atoms with Crippen LogP contribution in [0, 0.1) is 0 Å². The Morgan fingerprint density at radius 1 is 1.13 bits per heavy atom. The second-order valence-corrected chi connectivity index (χ2v) is 4.91. The molecule has 114 valence electrons. The van der Waals surface area contributed by atoms with Crippen LogP contribution in [0.25, 0.3) is 10.9 Å². The number of hydrogen-bond donors (Lipinski definition) is 2. The molecule has 1 aromatic carbocycles. The smallest absolute Gasteiger partial charge is 0.271 e. The summed E-state index contributed by atoms with van der Waals surface area (Å²) >= 11 is 0. The van der Waals surface area contributed by atoms with Gasteiger partial charge in [-0.2, -0.15) is 5.10 Å². The minimum atomic E-state index is -0.312. The van der Waals surface area contributed by atoms with Crippen molar-refractivity contribution in [2.24, 2.45) is 5.10 Å². The molecule has 3 rings (SSSR count). The highest BCUT2D eigenvalue weighted by molar-refractivity contribution is 6.10. The Labute approximate surface area is 132 Å². The summed E-state index contributed by atoms with van der Waals surface area (Å²) in [6, 6.07) is 10.2. The number of pyridine rings is 2. The van der Waals surface area contributed by atoms with E-state index in [0.29, 0.717) is 16.8 Å². The molecule has 6 heteroatoms. The first-order valence-electron chi connectivity index (χ1n) is 6.98. The molecule has 0 bridgehead atoms. The second-order valence-electron chi connectivity index (χ2n) is 4.91. The van der Waals surface area contributed by atoms with Gasteiger partial charge in [0.25, 0.3) is 5.91 Å². The van der Waals surface area contributed by atoms with E-state index in [-0.39, 0.29) is 11.7 Å². The maximum Gasteiger partial charge on any atom is 0.271 e. The highest BCUT2D eigenvalue weighted by atomic mass is 16.3. The number of aromatic nitrogens is 2. The Morgan fingerprint density at radius 2 is 1.91 bits per heavy atom. The van der Waals surface area contributed by atoms with Crippen molar-refractivity contribution in [2.45, 2.75) is 6.92 Å². The number of hydrogen-bond acceptors (Lipinski definition) is 5. The Kier molecular flexibility index (Phi) is 3.97. The van der Waals surface area contributed by atoms with Gasteiger partial charge in [-0.1, -0.05) is 6.07 Å². The van der Waals surface area contributed by atoms with Gasteiger partial charge in [0.1, 0.15) is 11.3 Å². The molecule has 0 aliphatic carbocycles. The third-order valence-electron chi connectivity index (χ3n) is 3.41. The zero-order valence-corrected chi connectivity index (χ0v) is 12.4. The Balaban J connectivity index is 1.90. The van der Waals surface area contributed by atoms with Crippen LogP contribution in [0.4, 0.5) is 0 Å². The Hall–Kier alpha value is -3.28. The van der Waals surface area contributed by atoms with Crippen molar-refractivity contribution in [2.75, 3.05) is 0 Å². The number of rotatable bonds is 3. The molecule has 2 heterocycles. The third-order valence-corrected chi connectivity index (χ3v) is 3.41. The number of nitrogens with one attached hydrogen (secondary N) is 1. The molecular formula is C17H14N4O2. The molecule has 0 unspecified atom stereocenters. The van der Waals surface area contributed by atoms with Crippen LogP contribution in [0.5, 0.6) is 5.75 Å². The van der Waals surface area contributed by atoms with E-state index in [9.17, 15) is 9.90 Å². The average Bonchev–Trinajstić information content (AvgIpc) is 2.60. The van der Waals surface area contributed by atoms with Crippen molar-refractivity contribution in [3.63, 3.8) is 0 Å². The minimum absolute atomic E-state index is 0.109. The molecule has 3 aromatic rings. The molecule has 2 aromatic heterocycles. The van der Waals surface area contributed by atoms with E-state index in [1.54, 1.807) is 55.8 Å². The second kappa shape index (κ2) is 6.23. The molecular weight excluding hydrogens is 292 g/mol. The molecule has 23 heavy (non-hydrogen) atoms. The van der Waals surface area contributed by atoms with Crippen LogP contribution in [0.1, 0.15) is 22.8 Å². The molecule has 0 atom stereocenters. The molecule has 1 amide bonds. The average molecular weight is 306 g/mol. The molecule has 0 fully saturated rings. The molecule has 0 saturated carbocycles. The third kappa shape index (κ3) is 3.01. The molecule has 0 aliphatic rings. The largest absolute Gasteiger partial charge is 0.506 e. The molecule has 6 nitrogen and oxygen atoms in total. The van der Waals surface area contributed by atoms with Crippen LogP contribution in [0.15, 0.2) is 60.1 Å². The van der Waals surface area contributed by atoms with Crippen LogP contribution >= 0.6 is 0 Å². The topological polar surface area (TPSA) is 87.5 Å². The van der Waals surface area contributed by atoms with Crippen LogP contribution in [-0.4, -0.2) is 26.7 Å². The first-order chi connectivity index (χ1) is 11.2. The number of carbonyl (C=O) groups excluding carboxylic acids is 1. The van der Waals surface area contributed by atoms with Crippen molar-refractivity contribution >= 4 is 22.5 Å². The molecule has 0 saturated heterocycles. The standard InChI is InChI=1S/C17H14N4O2/c1-11(20-21-17(23)12-6-9-18-10-7-12)13-4-5-15(22)16-14(13)3-2-8-19-16/h2-10,22H,1H3,(H,21,23)/b20-11+. The summed E-state index contributed by atoms with van der Waals surface area (Å²) in [7, 11) is 0. The van der Waals surface area contributed by atoms with Crippen molar-refractivity contribution in [3.8, 4) is 5.75 Å². The summed E-state index contributed by atoms with van der Waals surface area (Å²) in [5.74, 6) is -0.203. The van der Waals surface area contributed by atoms with E-state index >= 15 is 0 Å². The number of benzene rings is 1. The van der Waals surface area contributed by atoms with Gasteiger partial charge in [0.15, 0.2) is 0 Å². The lowest BCUT2D eigenvalue weighted by molar-refractivity contribution is 0.0954. The highest BCUT2D eigenvalue weighted by Crippen LogP contribution is 2.25. The summed E-state index contributed by atoms with van der Waals surface area (Å²) in [5.41, 5.74) is 4.90. The van der Waals surface area contributed by atoms with Gasteiger partial charge in [-0.15, -0.1) is 0 Å². The highest BCUT2D eigenvalue weighted by Gasteiger charge is 2.09. The lowest BCUT2D eigenvalue weighted by Crippen LogP contribution is -2.19. The van der Waals surface area contributed by atoms with Crippen molar-refractivity contribution < 1.29 is 9.90 Å². The van der Waals surface area contributed by atoms with Gasteiger partial charge in [-0.05, 0) is 37.3 Å². The number of phenolic OH excluding ortho intramolecular Hbond substituents is 1. The number of carbonyl (C=O) groups is 1. The molecule has 0 aliphatic heterocycles. The molecule has 2 N–H and O–H groups in total. The van der Waals surface area contributed by atoms with Crippen molar-refractivity contribution in [1.82, 2.24) is 15.4 Å². The van der Waals surface area contributed by atoms with Gasteiger partial charge in [-0.25, -0.2) is 5.43 Å². The molecule has 0 spiro atoms. The fourth-order valence-corrected chi connectivity index (χ4v) is 2.24. The van der Waals surface area contributed by atoms with Crippen molar-refractivity contribution in [1.29, 1.82) is 0 Å². The van der Waals surface area contributed by atoms with Crippen LogP contribution < -0.4 is 5.43 Å². The maximum absolute atomic E-state index is 12.0. The van der Waals surface area contributed by atoms with Crippen molar-refractivity contribution in [3.05, 3.63) is 66.1 Å². The Bertz CT molecular complexity index is 891. The number of nitrogens with zero attached hydrogens (tertiary/aromatic N) is 3. The van der Waals surface area contributed by atoms with Gasteiger partial charge in [0.2, 0.25) is 0 Å². The number of fused-ring (bicyclic) bond motifs is 1. The normalized spacial score (nSPS) is 11.4. The van der Waals surface area contributed by atoms with E-state index in [4.69, 9.17) is 0 Å². The predicted octanol–water partition coefficient (Wildman–Crippen LogP) is 2.49. The maximum atomic E-state index is 12.0. The monoisotopic (exact) mass is 306 g/mol. The molecule has 0 radical (unpaired) electrons. The SMILES string of the molecule is C/C(=N\NC(=O)c1ccncc1)c1ccc(O)c2ncccc12. The zero-order chi connectivity index (χ0) is 16.2. The van der Waals surface area contributed by atoms with E-state index in [1.165, 1.54) is 0 Å². The number of phenols is 1. The fraction of sp³-hybridized carbons (Fsp3) is 0.0588. The predicted molar refractivity (Wildman–Crippen MR) is 87.3 cm³/mol. The zero-order valence-electron chi connectivity index (χ0n) is 12.4. The van der Waals surface area contributed by atoms with Gasteiger partial charge in [0.05, 0.1) is 5.71 Å². The lowest BCUT2D eigenvalue weighted by Gasteiger charge is -2.07. The first-order valence-corrected chi connectivity index (χ1v) is 6.98. The van der Waals surface area contributed by atoms with Crippen LogP contribution in [0.2, 0.25) is 0 Å². The van der Waals surface area contributed by atoms with Gasteiger partial charge >= 0.3 is 0 Å². The van der Waals surface area contributed by atoms with Gasteiger partial charge in [0, 0.05) is 35.1 Å². The first kappa shape index (κ1) is 14.6.